The topological polar surface area (TPSA) is 126 Å². The van der Waals surface area contributed by atoms with Crippen molar-refractivity contribution in [2.24, 2.45) is 5.18 Å². The number of alkyl halides is 3. The zero-order valence-corrected chi connectivity index (χ0v) is 11.4. The van der Waals surface area contributed by atoms with Crippen LogP contribution < -0.4 is 0 Å². The second-order valence-electron chi connectivity index (χ2n) is 3.77. The van der Waals surface area contributed by atoms with E-state index in [1.807, 2.05) is 0 Å². The second kappa shape index (κ2) is 6.49. The highest BCUT2D eigenvalue weighted by Gasteiger charge is 2.49. The maximum Gasteiger partial charge on any atom is 0.335 e. The summed E-state index contributed by atoms with van der Waals surface area (Å²) in [5, 5.41) is 30.4. The predicted molar refractivity (Wildman–Crippen MR) is 64.1 cm³/mol. The first-order chi connectivity index (χ1) is 8.67. The molecular formula is C8H10Cl3NO7. The van der Waals surface area contributed by atoms with Crippen molar-refractivity contribution in [1.82, 2.24) is 0 Å². The number of ether oxygens (including phenoxy) is 2. The van der Waals surface area contributed by atoms with Gasteiger partial charge in [0.2, 0.25) is 3.79 Å². The molecule has 0 aromatic carbocycles. The minimum absolute atomic E-state index is 0.524. The number of aliphatic hydroxyl groups excluding tert-OH is 2. The molecule has 0 amide bonds. The van der Waals surface area contributed by atoms with Gasteiger partial charge in [0.1, 0.15) is 12.2 Å². The van der Waals surface area contributed by atoms with Crippen molar-refractivity contribution >= 4 is 40.8 Å². The van der Waals surface area contributed by atoms with Gasteiger partial charge in [-0.25, -0.2) is 4.79 Å². The fourth-order valence-electron chi connectivity index (χ4n) is 1.48. The Morgan fingerprint density at radius 1 is 1.32 bits per heavy atom. The molecule has 1 aliphatic heterocycles. The molecule has 1 rings (SSSR count). The van der Waals surface area contributed by atoms with Crippen LogP contribution in [0.25, 0.3) is 0 Å². The minimum Gasteiger partial charge on any atom is -0.479 e. The molecule has 0 bridgehead atoms. The molecule has 1 heterocycles. The smallest absolute Gasteiger partial charge is 0.335 e. The number of carboxylic acids is 1. The third-order valence-electron chi connectivity index (χ3n) is 2.35. The number of aliphatic carboxylic acids is 1. The van der Waals surface area contributed by atoms with E-state index < -0.39 is 47.0 Å². The molecule has 110 valence electrons. The highest BCUT2D eigenvalue weighted by molar-refractivity contribution is 6.67. The molecular weight excluding hydrogens is 328 g/mol. The van der Waals surface area contributed by atoms with E-state index in [2.05, 4.69) is 5.18 Å². The van der Waals surface area contributed by atoms with E-state index in [4.69, 9.17) is 49.4 Å². The van der Waals surface area contributed by atoms with E-state index in [0.29, 0.717) is 0 Å². The Bertz CT molecular complexity index is 350. The van der Waals surface area contributed by atoms with E-state index in [1.165, 1.54) is 0 Å². The van der Waals surface area contributed by atoms with E-state index >= 15 is 0 Å². The Morgan fingerprint density at radius 2 is 1.89 bits per heavy atom. The van der Waals surface area contributed by atoms with Gasteiger partial charge in [-0.05, 0) is 0 Å². The van der Waals surface area contributed by atoms with Gasteiger partial charge in [-0.2, -0.15) is 4.91 Å². The molecule has 0 aromatic rings. The fraction of sp³-hybridized carbons (Fsp3) is 0.875. The van der Waals surface area contributed by atoms with Crippen LogP contribution in [-0.4, -0.2) is 62.3 Å². The summed E-state index contributed by atoms with van der Waals surface area (Å²) in [6.07, 6.45) is -6.93. The maximum atomic E-state index is 10.8. The van der Waals surface area contributed by atoms with Gasteiger partial charge in [0.25, 0.3) is 0 Å². The highest BCUT2D eigenvalue weighted by atomic mass is 35.6. The van der Waals surface area contributed by atoms with Crippen molar-refractivity contribution in [3.05, 3.63) is 4.91 Å². The summed E-state index contributed by atoms with van der Waals surface area (Å²) in [4.78, 5) is 21.4. The summed E-state index contributed by atoms with van der Waals surface area (Å²) >= 11 is 16.3. The van der Waals surface area contributed by atoms with Crippen molar-refractivity contribution in [2.75, 3.05) is 6.61 Å². The fourth-order valence-corrected chi connectivity index (χ4v) is 1.67. The number of carboxylic acid groups (broad SMARTS) is 1. The molecule has 5 atom stereocenters. The highest BCUT2D eigenvalue weighted by Crippen LogP contribution is 2.30. The summed E-state index contributed by atoms with van der Waals surface area (Å²) in [6, 6.07) is -1.54. The van der Waals surface area contributed by atoms with Crippen LogP contribution >= 0.6 is 34.8 Å². The number of carbonyl (C=O) groups is 1. The largest absolute Gasteiger partial charge is 0.479 e. The van der Waals surface area contributed by atoms with E-state index in [1.54, 1.807) is 0 Å². The minimum atomic E-state index is -1.83. The summed E-state index contributed by atoms with van der Waals surface area (Å²) in [6.45, 7) is -0.524. The molecule has 19 heavy (non-hydrogen) atoms. The van der Waals surface area contributed by atoms with Gasteiger partial charge in [-0.1, -0.05) is 40.0 Å². The Hall–Kier alpha value is -0.220. The van der Waals surface area contributed by atoms with Gasteiger partial charge in [0.05, 0.1) is 6.61 Å². The molecule has 0 aromatic heterocycles. The molecule has 2 unspecified atom stereocenters. The van der Waals surface area contributed by atoms with Gasteiger partial charge in [-0.3, -0.25) is 0 Å². The van der Waals surface area contributed by atoms with Crippen molar-refractivity contribution < 1.29 is 29.6 Å². The number of halogens is 3. The molecule has 8 nitrogen and oxygen atoms in total. The summed E-state index contributed by atoms with van der Waals surface area (Å²) in [7, 11) is 0. The summed E-state index contributed by atoms with van der Waals surface area (Å²) in [5.74, 6) is -1.54. The normalized spacial score (nSPS) is 35.9. The number of rotatable bonds is 4. The van der Waals surface area contributed by atoms with Crippen molar-refractivity contribution in [1.29, 1.82) is 0 Å². The third kappa shape index (κ3) is 4.38. The average Bonchev–Trinajstić information content (AvgIpc) is 2.29. The first kappa shape index (κ1) is 16.8. The molecule has 0 radical (unpaired) electrons. The number of nitrogens with zero attached hydrogens (tertiary/aromatic N) is 1. The van der Waals surface area contributed by atoms with Crippen LogP contribution in [0.5, 0.6) is 0 Å². The molecule has 1 aliphatic rings. The predicted octanol–water partition coefficient (Wildman–Crippen LogP) is 0.0395. The van der Waals surface area contributed by atoms with Gasteiger partial charge in [0.15, 0.2) is 18.4 Å². The van der Waals surface area contributed by atoms with Crippen LogP contribution in [0.1, 0.15) is 0 Å². The van der Waals surface area contributed by atoms with E-state index in [0.717, 1.165) is 0 Å². The zero-order chi connectivity index (χ0) is 14.8. The number of nitroso groups, excluding NO2 is 1. The van der Waals surface area contributed by atoms with Crippen molar-refractivity contribution in [3.8, 4) is 0 Å². The lowest BCUT2D eigenvalue weighted by Gasteiger charge is -2.37. The lowest BCUT2D eigenvalue weighted by molar-refractivity contribution is -0.259. The van der Waals surface area contributed by atoms with Crippen LogP contribution in [0.15, 0.2) is 5.18 Å². The van der Waals surface area contributed by atoms with Crippen LogP contribution in [0.2, 0.25) is 0 Å². The first-order valence-electron chi connectivity index (χ1n) is 4.92. The van der Waals surface area contributed by atoms with Gasteiger partial charge in [-0.15, -0.1) is 0 Å². The lowest BCUT2D eigenvalue weighted by atomic mass is 9.97. The summed E-state index contributed by atoms with van der Waals surface area (Å²) < 4.78 is 7.91. The summed E-state index contributed by atoms with van der Waals surface area (Å²) in [5.41, 5.74) is 0. The Morgan fingerprint density at radius 3 is 2.32 bits per heavy atom. The van der Waals surface area contributed by atoms with E-state index in [-0.39, 0.29) is 0 Å². The van der Waals surface area contributed by atoms with Crippen LogP contribution in [-0.2, 0) is 14.3 Å². The molecule has 0 aliphatic carbocycles. The lowest BCUT2D eigenvalue weighted by Crippen LogP contribution is -2.59. The third-order valence-corrected chi connectivity index (χ3v) is 2.67. The van der Waals surface area contributed by atoms with Crippen molar-refractivity contribution in [3.63, 3.8) is 0 Å². The number of hydrogen-bond acceptors (Lipinski definition) is 7. The second-order valence-corrected chi connectivity index (χ2v) is 6.28. The molecule has 3 N–H and O–H groups in total. The molecule has 11 heteroatoms. The molecule has 1 fully saturated rings. The Balaban J connectivity index is 2.81. The molecule has 1 saturated heterocycles. The van der Waals surface area contributed by atoms with Crippen LogP contribution in [0.3, 0.4) is 0 Å². The zero-order valence-electron chi connectivity index (χ0n) is 9.15. The van der Waals surface area contributed by atoms with Gasteiger partial charge < -0.3 is 24.8 Å². The standard InChI is InChI=1S/C8H10Cl3NO7/c9-8(10,11)1-18-7-2(12-17)3(13)4(14)5(19-7)6(15)16/h2-5,7,13-14H,1H2,(H,15,16)/t2-,3?,4-,5?,7+/m0/s1. The number of hydrogen-bond donors (Lipinski definition) is 3. The number of aliphatic hydroxyl groups is 2. The average molecular weight is 339 g/mol. The Kier molecular flexibility index (Phi) is 5.75. The first-order valence-corrected chi connectivity index (χ1v) is 6.06. The van der Waals surface area contributed by atoms with Crippen LogP contribution in [0.4, 0.5) is 0 Å². The quantitative estimate of drug-likeness (QED) is 0.488. The van der Waals surface area contributed by atoms with Crippen molar-refractivity contribution in [2.45, 2.75) is 34.4 Å². The molecule has 0 spiro atoms. The SMILES string of the molecule is O=N[C@H]1C(O)[C@H](O)C(C(=O)O)O[C@H]1OCC(Cl)(Cl)Cl. The Labute approximate surface area is 122 Å². The van der Waals surface area contributed by atoms with Gasteiger partial charge >= 0.3 is 5.97 Å². The molecule has 0 saturated carbocycles. The maximum absolute atomic E-state index is 10.8. The van der Waals surface area contributed by atoms with Crippen LogP contribution in [0, 0.1) is 4.91 Å². The van der Waals surface area contributed by atoms with E-state index in [9.17, 15) is 19.9 Å². The van der Waals surface area contributed by atoms with Gasteiger partial charge in [0, 0.05) is 0 Å². The monoisotopic (exact) mass is 337 g/mol.